The molecule has 1 aliphatic heterocycles. The van der Waals surface area contributed by atoms with Gasteiger partial charge in [-0.05, 0) is 13.3 Å². The zero-order valence-corrected chi connectivity index (χ0v) is 7.82. The van der Waals surface area contributed by atoms with Gasteiger partial charge in [0.25, 0.3) is 0 Å². The minimum atomic E-state index is 0.243. The highest BCUT2D eigenvalue weighted by Gasteiger charge is 2.25. The molecule has 12 heavy (non-hydrogen) atoms. The van der Waals surface area contributed by atoms with Crippen LogP contribution in [0.5, 0.6) is 0 Å². The monoisotopic (exact) mass is 171 g/mol. The third-order valence-electron chi connectivity index (χ3n) is 2.34. The summed E-state index contributed by atoms with van der Waals surface area (Å²) < 4.78 is 5.38. The first-order chi connectivity index (χ1) is 5.79. The van der Waals surface area contributed by atoms with Gasteiger partial charge in [-0.1, -0.05) is 13.3 Å². The van der Waals surface area contributed by atoms with Gasteiger partial charge in [0.1, 0.15) is 0 Å². The minimum Gasteiger partial charge on any atom is -0.377 e. The molecule has 0 spiro atoms. The smallest absolute Gasteiger partial charge is 0.210 e. The molecule has 1 amide bonds. The van der Waals surface area contributed by atoms with E-state index in [1.807, 2.05) is 11.8 Å². The first-order valence-corrected chi connectivity index (χ1v) is 4.60. The molecule has 0 aromatic carbocycles. The summed E-state index contributed by atoms with van der Waals surface area (Å²) in [6.45, 7) is 5.54. The fraction of sp³-hybridized carbons (Fsp3) is 0.889. The van der Waals surface area contributed by atoms with Crippen molar-refractivity contribution in [3.63, 3.8) is 0 Å². The van der Waals surface area contributed by atoms with E-state index in [4.69, 9.17) is 4.74 Å². The zero-order chi connectivity index (χ0) is 8.97. The number of carbonyl (C=O) groups is 1. The normalized spacial score (nSPS) is 30.3. The van der Waals surface area contributed by atoms with E-state index in [0.717, 1.165) is 19.3 Å². The largest absolute Gasteiger partial charge is 0.377 e. The van der Waals surface area contributed by atoms with E-state index in [9.17, 15) is 4.79 Å². The molecule has 0 N–H and O–H groups in total. The van der Waals surface area contributed by atoms with E-state index in [2.05, 4.69) is 6.92 Å². The van der Waals surface area contributed by atoms with Crippen LogP contribution < -0.4 is 0 Å². The third kappa shape index (κ3) is 1.97. The average Bonchev–Trinajstić information content (AvgIpc) is 2.05. The Bertz CT molecular complexity index is 147. The van der Waals surface area contributed by atoms with Crippen molar-refractivity contribution in [2.45, 2.75) is 38.8 Å². The summed E-state index contributed by atoms with van der Waals surface area (Å²) in [4.78, 5) is 12.6. The maximum absolute atomic E-state index is 10.7. The predicted octanol–water partition coefficient (Wildman–Crippen LogP) is 1.03. The fourth-order valence-corrected chi connectivity index (χ4v) is 1.66. The molecule has 1 saturated heterocycles. The van der Waals surface area contributed by atoms with Crippen LogP contribution in [0.15, 0.2) is 0 Å². The summed E-state index contributed by atoms with van der Waals surface area (Å²) in [5, 5.41) is 0. The Morgan fingerprint density at radius 2 is 2.33 bits per heavy atom. The molecule has 0 radical (unpaired) electrons. The standard InChI is InChI=1S/C9H17NO2/c1-3-4-9-6-12-5-8(2)10(9)7-11/h7-9H,3-6H2,1-2H3. The number of hydrogen-bond acceptors (Lipinski definition) is 2. The maximum atomic E-state index is 10.7. The fourth-order valence-electron chi connectivity index (χ4n) is 1.66. The Hall–Kier alpha value is -0.570. The lowest BCUT2D eigenvalue weighted by Gasteiger charge is -2.37. The summed E-state index contributed by atoms with van der Waals surface area (Å²) in [5.74, 6) is 0. The molecule has 1 fully saturated rings. The molecule has 1 rings (SSSR count). The van der Waals surface area contributed by atoms with Crippen LogP contribution >= 0.6 is 0 Å². The Morgan fingerprint density at radius 3 is 2.92 bits per heavy atom. The molecule has 70 valence electrons. The van der Waals surface area contributed by atoms with E-state index in [1.165, 1.54) is 0 Å². The van der Waals surface area contributed by atoms with Crippen LogP contribution in [0.1, 0.15) is 26.7 Å². The first kappa shape index (κ1) is 9.52. The first-order valence-electron chi connectivity index (χ1n) is 4.60. The molecular weight excluding hydrogens is 154 g/mol. The summed E-state index contributed by atoms with van der Waals surface area (Å²) in [6.07, 6.45) is 3.10. The van der Waals surface area contributed by atoms with Crippen LogP contribution in [0.2, 0.25) is 0 Å². The van der Waals surface area contributed by atoms with Gasteiger partial charge in [0.05, 0.1) is 25.3 Å². The molecule has 1 heterocycles. The van der Waals surface area contributed by atoms with Gasteiger partial charge in [-0.15, -0.1) is 0 Å². The summed E-state index contributed by atoms with van der Waals surface area (Å²) in [6, 6.07) is 0.545. The lowest BCUT2D eigenvalue weighted by Crippen LogP contribution is -2.49. The van der Waals surface area contributed by atoms with Gasteiger partial charge in [-0.3, -0.25) is 4.79 Å². The van der Waals surface area contributed by atoms with Crippen LogP contribution in [-0.2, 0) is 9.53 Å². The number of morpholine rings is 1. The second-order valence-corrected chi connectivity index (χ2v) is 3.38. The third-order valence-corrected chi connectivity index (χ3v) is 2.34. The number of carbonyl (C=O) groups excluding carboxylic acids is 1. The molecule has 0 aromatic heterocycles. The predicted molar refractivity (Wildman–Crippen MR) is 46.9 cm³/mol. The lowest BCUT2D eigenvalue weighted by molar-refractivity contribution is -0.131. The van der Waals surface area contributed by atoms with Gasteiger partial charge in [0.15, 0.2) is 0 Å². The Morgan fingerprint density at radius 1 is 1.58 bits per heavy atom. The number of amides is 1. The molecule has 0 bridgehead atoms. The van der Waals surface area contributed by atoms with Crippen molar-refractivity contribution in [3.8, 4) is 0 Å². The van der Waals surface area contributed by atoms with Crippen LogP contribution in [0.3, 0.4) is 0 Å². The van der Waals surface area contributed by atoms with Crippen LogP contribution in [-0.4, -0.2) is 36.6 Å². The van der Waals surface area contributed by atoms with E-state index >= 15 is 0 Å². The van der Waals surface area contributed by atoms with Gasteiger partial charge in [-0.25, -0.2) is 0 Å². The molecular formula is C9H17NO2. The van der Waals surface area contributed by atoms with Gasteiger partial charge in [0.2, 0.25) is 6.41 Å². The molecule has 2 atom stereocenters. The summed E-state index contributed by atoms with van der Waals surface area (Å²) in [5.41, 5.74) is 0. The molecule has 0 aromatic rings. The van der Waals surface area contributed by atoms with E-state index in [-0.39, 0.29) is 6.04 Å². The van der Waals surface area contributed by atoms with Crippen LogP contribution in [0.25, 0.3) is 0 Å². The van der Waals surface area contributed by atoms with Crippen LogP contribution in [0.4, 0.5) is 0 Å². The van der Waals surface area contributed by atoms with Crippen LogP contribution in [0, 0.1) is 0 Å². The average molecular weight is 171 g/mol. The van der Waals surface area contributed by atoms with Gasteiger partial charge in [0, 0.05) is 0 Å². The second kappa shape index (κ2) is 4.45. The molecule has 2 unspecified atom stereocenters. The van der Waals surface area contributed by atoms with Crippen molar-refractivity contribution >= 4 is 6.41 Å². The molecule has 0 saturated carbocycles. The van der Waals surface area contributed by atoms with Gasteiger partial charge in [-0.2, -0.15) is 0 Å². The molecule has 0 aliphatic carbocycles. The van der Waals surface area contributed by atoms with E-state index in [0.29, 0.717) is 19.3 Å². The lowest BCUT2D eigenvalue weighted by atomic mass is 10.1. The topological polar surface area (TPSA) is 29.5 Å². The van der Waals surface area contributed by atoms with E-state index < -0.39 is 0 Å². The minimum absolute atomic E-state index is 0.243. The van der Waals surface area contributed by atoms with Crippen molar-refractivity contribution in [1.29, 1.82) is 0 Å². The quantitative estimate of drug-likeness (QED) is 0.594. The Kier molecular flexibility index (Phi) is 3.53. The number of rotatable bonds is 3. The zero-order valence-electron chi connectivity index (χ0n) is 7.82. The summed E-state index contributed by atoms with van der Waals surface area (Å²) >= 11 is 0. The molecule has 3 nitrogen and oxygen atoms in total. The molecule has 1 aliphatic rings. The highest BCUT2D eigenvalue weighted by Crippen LogP contribution is 2.14. The maximum Gasteiger partial charge on any atom is 0.210 e. The number of ether oxygens (including phenoxy) is 1. The Labute approximate surface area is 73.7 Å². The van der Waals surface area contributed by atoms with Crippen molar-refractivity contribution in [2.75, 3.05) is 13.2 Å². The number of hydrogen-bond donors (Lipinski definition) is 0. The second-order valence-electron chi connectivity index (χ2n) is 3.38. The van der Waals surface area contributed by atoms with Crippen molar-refractivity contribution in [3.05, 3.63) is 0 Å². The summed E-state index contributed by atoms with van der Waals surface area (Å²) in [7, 11) is 0. The number of nitrogens with zero attached hydrogens (tertiary/aromatic N) is 1. The van der Waals surface area contributed by atoms with Crippen molar-refractivity contribution < 1.29 is 9.53 Å². The van der Waals surface area contributed by atoms with Gasteiger partial charge >= 0.3 is 0 Å². The van der Waals surface area contributed by atoms with Gasteiger partial charge < -0.3 is 9.64 Å². The SMILES string of the molecule is CCCC1COCC(C)N1C=O. The Balaban J connectivity index is 2.51. The van der Waals surface area contributed by atoms with E-state index in [1.54, 1.807) is 0 Å². The molecule has 3 heteroatoms. The highest BCUT2D eigenvalue weighted by molar-refractivity contribution is 5.48. The van der Waals surface area contributed by atoms with Crippen molar-refractivity contribution in [1.82, 2.24) is 4.90 Å². The highest BCUT2D eigenvalue weighted by atomic mass is 16.5. The van der Waals surface area contributed by atoms with Crippen molar-refractivity contribution in [2.24, 2.45) is 0 Å².